The molecule has 3 aromatic rings. The van der Waals surface area contributed by atoms with Gasteiger partial charge in [0.15, 0.2) is 5.82 Å². The minimum Gasteiger partial charge on any atom is -0.368 e. The van der Waals surface area contributed by atoms with Crippen molar-refractivity contribution in [2.75, 3.05) is 5.73 Å². The minimum absolute atomic E-state index is 0.180. The van der Waals surface area contributed by atoms with E-state index in [9.17, 15) is 0 Å². The normalized spacial score (nSPS) is 10.9. The Hall–Kier alpha value is -2.21. The molecule has 7 heteroatoms. The van der Waals surface area contributed by atoms with Crippen LogP contribution in [0.5, 0.6) is 0 Å². The first-order valence-corrected chi connectivity index (χ1v) is 5.19. The Morgan fingerprint density at radius 1 is 1.24 bits per heavy atom. The number of nitrogen functional groups attached to an aromatic ring is 1. The summed E-state index contributed by atoms with van der Waals surface area (Å²) >= 11 is 5.91. The summed E-state index contributed by atoms with van der Waals surface area (Å²) in [6, 6.07) is 1.80. The number of fused-ring (bicyclic) bond motifs is 1. The minimum atomic E-state index is 0.180. The van der Waals surface area contributed by atoms with Crippen molar-refractivity contribution in [1.82, 2.24) is 24.9 Å². The summed E-state index contributed by atoms with van der Waals surface area (Å²) in [6.45, 7) is 0. The first kappa shape index (κ1) is 9.98. The van der Waals surface area contributed by atoms with Gasteiger partial charge in [-0.15, -0.1) is 0 Å². The van der Waals surface area contributed by atoms with Crippen LogP contribution >= 0.6 is 11.6 Å². The van der Waals surface area contributed by atoms with Crippen molar-refractivity contribution in [3.63, 3.8) is 0 Å². The van der Waals surface area contributed by atoms with Gasteiger partial charge in [0.1, 0.15) is 12.0 Å². The molecule has 0 unspecified atom stereocenters. The lowest BCUT2D eigenvalue weighted by Gasteiger charge is -1.98. The summed E-state index contributed by atoms with van der Waals surface area (Å²) in [4.78, 5) is 19.1. The van der Waals surface area contributed by atoms with Crippen LogP contribution in [0.25, 0.3) is 22.4 Å². The zero-order valence-electron chi connectivity index (χ0n) is 8.55. The Balaban J connectivity index is 2.27. The fraction of sp³-hybridized carbons (Fsp3) is 0. The maximum absolute atomic E-state index is 5.91. The van der Waals surface area contributed by atoms with E-state index >= 15 is 0 Å². The molecule has 0 saturated heterocycles. The van der Waals surface area contributed by atoms with Gasteiger partial charge >= 0.3 is 0 Å². The number of pyridine rings is 1. The van der Waals surface area contributed by atoms with E-state index in [4.69, 9.17) is 17.3 Å². The summed E-state index contributed by atoms with van der Waals surface area (Å²) in [5.41, 5.74) is 7.05. The van der Waals surface area contributed by atoms with Gasteiger partial charge in [-0.25, -0.2) is 15.0 Å². The van der Waals surface area contributed by atoms with E-state index in [-0.39, 0.29) is 5.95 Å². The molecule has 3 rings (SSSR count). The summed E-state index contributed by atoms with van der Waals surface area (Å²) < 4.78 is 0. The molecule has 3 N–H and O–H groups in total. The Morgan fingerprint density at radius 3 is 2.94 bits per heavy atom. The summed E-state index contributed by atoms with van der Waals surface area (Å²) in [7, 11) is 0. The third kappa shape index (κ3) is 1.68. The monoisotopic (exact) mass is 246 g/mol. The van der Waals surface area contributed by atoms with Gasteiger partial charge in [0.05, 0.1) is 5.02 Å². The fourth-order valence-electron chi connectivity index (χ4n) is 1.60. The highest BCUT2D eigenvalue weighted by Crippen LogP contribution is 2.26. The second kappa shape index (κ2) is 3.67. The predicted molar refractivity (Wildman–Crippen MR) is 64.3 cm³/mol. The van der Waals surface area contributed by atoms with Crippen molar-refractivity contribution < 1.29 is 0 Å². The molecule has 0 aliphatic carbocycles. The van der Waals surface area contributed by atoms with Crippen molar-refractivity contribution in [2.24, 2.45) is 0 Å². The number of halogens is 1. The van der Waals surface area contributed by atoms with E-state index in [1.807, 2.05) is 0 Å². The number of nitrogens with zero attached hydrogens (tertiary/aromatic N) is 4. The number of nitrogens with two attached hydrogens (primary N) is 1. The highest BCUT2D eigenvalue weighted by molar-refractivity contribution is 6.31. The van der Waals surface area contributed by atoms with Crippen molar-refractivity contribution in [2.45, 2.75) is 0 Å². The van der Waals surface area contributed by atoms with E-state index in [1.165, 1.54) is 6.33 Å². The molecule has 0 fully saturated rings. The summed E-state index contributed by atoms with van der Waals surface area (Å²) in [6.07, 6.45) is 4.71. The Labute approximate surface area is 101 Å². The van der Waals surface area contributed by atoms with Crippen LogP contribution in [-0.2, 0) is 0 Å². The average molecular weight is 247 g/mol. The molecule has 0 amide bonds. The third-order valence-corrected chi connectivity index (χ3v) is 2.54. The molecule has 6 nitrogen and oxygen atoms in total. The van der Waals surface area contributed by atoms with E-state index in [1.54, 1.807) is 18.5 Å². The standard InChI is InChI=1S/C10H7ClN6/c11-5-1-6-7(3-14-8(6)13-2-5)9-15-4-16-10(12)17-9/h1-4H,(H,13,14)(H2,12,15,16,17). The van der Waals surface area contributed by atoms with Gasteiger partial charge in [0.2, 0.25) is 5.95 Å². The van der Waals surface area contributed by atoms with Gasteiger partial charge in [0.25, 0.3) is 0 Å². The number of hydrogen-bond acceptors (Lipinski definition) is 5. The molecule has 0 atom stereocenters. The molecule has 0 aromatic carbocycles. The Morgan fingerprint density at radius 2 is 2.12 bits per heavy atom. The van der Waals surface area contributed by atoms with Gasteiger partial charge < -0.3 is 10.7 Å². The lowest BCUT2D eigenvalue weighted by atomic mass is 10.2. The number of nitrogens with one attached hydrogen (secondary N) is 1. The molecule has 17 heavy (non-hydrogen) atoms. The van der Waals surface area contributed by atoms with Crippen molar-refractivity contribution in [1.29, 1.82) is 0 Å². The van der Waals surface area contributed by atoms with Crippen molar-refractivity contribution >= 4 is 28.6 Å². The third-order valence-electron chi connectivity index (χ3n) is 2.33. The Kier molecular flexibility index (Phi) is 2.15. The van der Waals surface area contributed by atoms with Gasteiger partial charge in [-0.1, -0.05) is 11.6 Å². The van der Waals surface area contributed by atoms with E-state index in [2.05, 4.69) is 24.9 Å². The van der Waals surface area contributed by atoms with Gasteiger partial charge in [-0.3, -0.25) is 0 Å². The molecule has 3 aromatic heterocycles. The quantitative estimate of drug-likeness (QED) is 0.681. The number of aromatic nitrogens is 5. The molecular weight excluding hydrogens is 240 g/mol. The smallest absolute Gasteiger partial charge is 0.223 e. The lowest BCUT2D eigenvalue weighted by molar-refractivity contribution is 1.07. The van der Waals surface area contributed by atoms with Crippen LogP contribution < -0.4 is 5.73 Å². The molecule has 3 heterocycles. The molecule has 0 aliphatic rings. The maximum Gasteiger partial charge on any atom is 0.223 e. The molecule has 0 radical (unpaired) electrons. The largest absolute Gasteiger partial charge is 0.368 e. The molecule has 84 valence electrons. The first-order valence-electron chi connectivity index (χ1n) is 4.81. The highest BCUT2D eigenvalue weighted by Gasteiger charge is 2.10. The number of rotatable bonds is 1. The number of hydrogen-bond donors (Lipinski definition) is 2. The molecule has 0 aliphatic heterocycles. The second-order valence-electron chi connectivity index (χ2n) is 3.42. The maximum atomic E-state index is 5.91. The van der Waals surface area contributed by atoms with Gasteiger partial charge in [-0.2, -0.15) is 4.98 Å². The van der Waals surface area contributed by atoms with Crippen LogP contribution in [-0.4, -0.2) is 24.9 Å². The van der Waals surface area contributed by atoms with E-state index in [0.29, 0.717) is 10.8 Å². The average Bonchev–Trinajstić information content (AvgIpc) is 2.71. The number of H-pyrrole nitrogens is 1. The number of aromatic amines is 1. The van der Waals surface area contributed by atoms with Gasteiger partial charge in [0, 0.05) is 23.3 Å². The lowest BCUT2D eigenvalue weighted by Crippen LogP contribution is -1.97. The predicted octanol–water partition coefficient (Wildman–Crippen LogP) is 1.65. The van der Waals surface area contributed by atoms with Gasteiger partial charge in [-0.05, 0) is 6.07 Å². The van der Waals surface area contributed by atoms with Crippen LogP contribution in [0.2, 0.25) is 5.02 Å². The zero-order chi connectivity index (χ0) is 11.8. The van der Waals surface area contributed by atoms with E-state index in [0.717, 1.165) is 16.6 Å². The van der Waals surface area contributed by atoms with Crippen LogP contribution in [0.4, 0.5) is 5.95 Å². The number of anilines is 1. The van der Waals surface area contributed by atoms with Crippen molar-refractivity contribution in [3.05, 3.63) is 29.8 Å². The first-order chi connectivity index (χ1) is 8.24. The molecular formula is C10H7ClN6. The van der Waals surface area contributed by atoms with Crippen LogP contribution in [0.3, 0.4) is 0 Å². The van der Waals surface area contributed by atoms with Crippen LogP contribution in [0.1, 0.15) is 0 Å². The molecule has 0 spiro atoms. The summed E-state index contributed by atoms with van der Waals surface area (Å²) in [5, 5.41) is 1.41. The summed E-state index contributed by atoms with van der Waals surface area (Å²) in [5.74, 6) is 0.673. The molecule has 0 bridgehead atoms. The van der Waals surface area contributed by atoms with Crippen molar-refractivity contribution in [3.8, 4) is 11.4 Å². The highest BCUT2D eigenvalue weighted by atomic mass is 35.5. The van der Waals surface area contributed by atoms with Crippen LogP contribution in [0, 0.1) is 0 Å². The zero-order valence-corrected chi connectivity index (χ0v) is 9.31. The van der Waals surface area contributed by atoms with E-state index < -0.39 is 0 Å². The Bertz CT molecular complexity index is 692. The second-order valence-corrected chi connectivity index (χ2v) is 3.86. The topological polar surface area (TPSA) is 93.4 Å². The SMILES string of the molecule is Nc1ncnc(-c2c[nH]c3ncc(Cl)cc23)n1. The van der Waals surface area contributed by atoms with Crippen LogP contribution in [0.15, 0.2) is 24.8 Å². The fourth-order valence-corrected chi connectivity index (χ4v) is 1.76. The molecule has 0 saturated carbocycles.